The van der Waals surface area contributed by atoms with Crippen LogP contribution in [0.1, 0.15) is 39.0 Å². The van der Waals surface area contributed by atoms with E-state index in [1.807, 2.05) is 4.90 Å². The lowest BCUT2D eigenvalue weighted by Gasteiger charge is -2.30. The molecule has 2 rings (SSSR count). The van der Waals surface area contributed by atoms with Crippen molar-refractivity contribution in [2.45, 2.75) is 51.2 Å². The maximum absolute atomic E-state index is 12.4. The second kappa shape index (κ2) is 8.71. The summed E-state index contributed by atoms with van der Waals surface area (Å²) < 4.78 is 11.0. The fraction of sp³-hybridized carbons (Fsp3) is 0.938. The summed E-state index contributed by atoms with van der Waals surface area (Å²) in [6, 6.07) is 0.339. The molecule has 2 aliphatic rings. The van der Waals surface area contributed by atoms with Gasteiger partial charge in [-0.1, -0.05) is 0 Å². The number of methoxy groups -OCH3 is 1. The molecule has 1 atom stereocenters. The van der Waals surface area contributed by atoms with Crippen molar-refractivity contribution < 1.29 is 14.3 Å². The molecule has 5 heteroatoms. The molecule has 1 heterocycles. The minimum absolute atomic E-state index is 0.209. The maximum Gasteiger partial charge on any atom is 0.225 e. The highest BCUT2D eigenvalue weighted by molar-refractivity contribution is 5.76. The van der Waals surface area contributed by atoms with Gasteiger partial charge in [-0.2, -0.15) is 0 Å². The molecule has 1 amide bonds. The minimum atomic E-state index is 0.209. The largest absolute Gasteiger partial charge is 0.383 e. The Hall–Kier alpha value is -0.650. The van der Waals surface area contributed by atoms with E-state index >= 15 is 0 Å². The highest BCUT2D eigenvalue weighted by Crippen LogP contribution is 2.35. The van der Waals surface area contributed by atoms with Crippen LogP contribution in [0.2, 0.25) is 0 Å². The van der Waals surface area contributed by atoms with Gasteiger partial charge in [-0.15, -0.1) is 0 Å². The van der Waals surface area contributed by atoms with Crippen LogP contribution in [0.4, 0.5) is 0 Å². The predicted molar refractivity (Wildman–Crippen MR) is 82.2 cm³/mol. The molecule has 5 nitrogen and oxygen atoms in total. The zero-order valence-electron chi connectivity index (χ0n) is 13.5. The van der Waals surface area contributed by atoms with Crippen molar-refractivity contribution in [2.24, 2.45) is 5.92 Å². The van der Waals surface area contributed by atoms with E-state index in [-0.39, 0.29) is 5.91 Å². The topological polar surface area (TPSA) is 50.8 Å². The van der Waals surface area contributed by atoms with Gasteiger partial charge in [0, 0.05) is 19.7 Å². The van der Waals surface area contributed by atoms with Crippen LogP contribution in [0.3, 0.4) is 0 Å². The number of hydrogen-bond donors (Lipinski definition) is 1. The average molecular weight is 298 g/mol. The van der Waals surface area contributed by atoms with Gasteiger partial charge >= 0.3 is 0 Å². The fourth-order valence-electron chi connectivity index (χ4n) is 3.00. The summed E-state index contributed by atoms with van der Waals surface area (Å²) in [6.07, 6.45) is 5.44. The Balaban J connectivity index is 1.71. The molecule has 1 aliphatic carbocycles. The summed E-state index contributed by atoms with van der Waals surface area (Å²) in [5.74, 6) is 0.900. The molecule has 0 spiro atoms. The molecule has 21 heavy (non-hydrogen) atoms. The number of hydrogen-bond acceptors (Lipinski definition) is 4. The number of rotatable bonds is 9. The Bertz CT molecular complexity index is 315. The van der Waals surface area contributed by atoms with Crippen molar-refractivity contribution in [1.29, 1.82) is 0 Å². The fourth-order valence-corrected chi connectivity index (χ4v) is 3.00. The number of amides is 1. The van der Waals surface area contributed by atoms with Crippen molar-refractivity contribution >= 4 is 5.91 Å². The van der Waals surface area contributed by atoms with Crippen molar-refractivity contribution in [2.75, 3.05) is 40.0 Å². The lowest BCUT2D eigenvalue weighted by atomic mass is 10.1. The molecular formula is C16H30N2O3. The molecule has 2 fully saturated rings. The quantitative estimate of drug-likeness (QED) is 0.699. The van der Waals surface area contributed by atoms with Gasteiger partial charge in [0.2, 0.25) is 5.91 Å². The molecule has 0 aromatic heterocycles. The molecule has 0 bridgehead atoms. The van der Waals surface area contributed by atoms with E-state index in [2.05, 4.69) is 12.2 Å². The number of nitrogens with zero attached hydrogens (tertiary/aromatic N) is 1. The summed E-state index contributed by atoms with van der Waals surface area (Å²) in [6.45, 7) is 6.07. The van der Waals surface area contributed by atoms with Crippen LogP contribution in [0.5, 0.6) is 0 Å². The highest BCUT2D eigenvalue weighted by atomic mass is 16.5. The van der Waals surface area contributed by atoms with E-state index in [9.17, 15) is 4.79 Å². The Morgan fingerprint density at radius 2 is 1.95 bits per heavy atom. The molecule has 1 N–H and O–H groups in total. The third-order valence-corrected chi connectivity index (χ3v) is 4.61. The van der Waals surface area contributed by atoms with Crippen LogP contribution < -0.4 is 5.32 Å². The van der Waals surface area contributed by atoms with Crippen LogP contribution in [-0.2, 0) is 14.3 Å². The van der Waals surface area contributed by atoms with Crippen molar-refractivity contribution in [3.05, 3.63) is 0 Å². The Morgan fingerprint density at radius 3 is 2.57 bits per heavy atom. The summed E-state index contributed by atoms with van der Waals surface area (Å²) in [5.41, 5.74) is 0. The standard InChI is InChI=1S/C16H30N2O3/c1-13(14-3-4-14)18(10-12-20-2)16(19)7-11-21-15-5-8-17-9-6-15/h13-15,17H,3-12H2,1-2H3. The monoisotopic (exact) mass is 298 g/mol. The number of ether oxygens (including phenoxy) is 2. The van der Waals surface area contributed by atoms with Gasteiger partial charge in [-0.05, 0) is 51.6 Å². The first-order chi connectivity index (χ1) is 10.2. The summed E-state index contributed by atoms with van der Waals surface area (Å²) in [5, 5.41) is 3.32. The van der Waals surface area contributed by atoms with Gasteiger partial charge in [0.25, 0.3) is 0 Å². The Kier molecular flexibility index (Phi) is 6.93. The summed E-state index contributed by atoms with van der Waals surface area (Å²) >= 11 is 0. The number of piperidine rings is 1. The Labute approximate surface area is 128 Å². The molecule has 0 radical (unpaired) electrons. The van der Waals surface area contributed by atoms with Gasteiger partial charge in [-0.25, -0.2) is 0 Å². The van der Waals surface area contributed by atoms with Gasteiger partial charge < -0.3 is 19.7 Å². The van der Waals surface area contributed by atoms with Gasteiger partial charge in [-0.3, -0.25) is 4.79 Å². The lowest BCUT2D eigenvalue weighted by Crippen LogP contribution is -2.42. The molecule has 0 aromatic carbocycles. The van der Waals surface area contributed by atoms with Gasteiger partial charge in [0.1, 0.15) is 0 Å². The van der Waals surface area contributed by atoms with E-state index in [1.54, 1.807) is 7.11 Å². The smallest absolute Gasteiger partial charge is 0.225 e. The molecule has 1 saturated heterocycles. The number of carbonyl (C=O) groups is 1. The SMILES string of the molecule is COCCN(C(=O)CCOC1CCNCC1)C(C)C1CC1. The van der Waals surface area contributed by atoms with Crippen LogP contribution >= 0.6 is 0 Å². The van der Waals surface area contributed by atoms with Crippen LogP contribution in [0, 0.1) is 5.92 Å². The molecule has 1 unspecified atom stereocenters. The molecule has 1 aliphatic heterocycles. The number of nitrogens with one attached hydrogen (secondary N) is 1. The first-order valence-corrected chi connectivity index (χ1v) is 8.33. The average Bonchev–Trinajstić information content (AvgIpc) is 3.33. The van der Waals surface area contributed by atoms with Crippen LogP contribution in [0.25, 0.3) is 0 Å². The van der Waals surface area contributed by atoms with E-state index in [4.69, 9.17) is 9.47 Å². The van der Waals surface area contributed by atoms with Crippen molar-refractivity contribution in [3.8, 4) is 0 Å². The van der Waals surface area contributed by atoms with Crippen molar-refractivity contribution in [1.82, 2.24) is 10.2 Å². The Morgan fingerprint density at radius 1 is 1.24 bits per heavy atom. The molecule has 1 saturated carbocycles. The zero-order chi connectivity index (χ0) is 15.1. The number of carbonyl (C=O) groups excluding carboxylic acids is 1. The van der Waals surface area contributed by atoms with Crippen LogP contribution in [-0.4, -0.2) is 62.9 Å². The normalized spacial score (nSPS) is 21.2. The zero-order valence-corrected chi connectivity index (χ0v) is 13.5. The summed E-state index contributed by atoms with van der Waals surface area (Å²) in [4.78, 5) is 14.4. The second-order valence-electron chi connectivity index (χ2n) is 6.23. The van der Waals surface area contributed by atoms with Gasteiger partial charge in [0.15, 0.2) is 0 Å². The third kappa shape index (κ3) is 5.57. The van der Waals surface area contributed by atoms with E-state index in [1.165, 1.54) is 12.8 Å². The van der Waals surface area contributed by atoms with E-state index in [0.29, 0.717) is 44.2 Å². The molecule has 122 valence electrons. The first kappa shape index (κ1) is 16.7. The lowest BCUT2D eigenvalue weighted by molar-refractivity contribution is -0.136. The summed E-state index contributed by atoms with van der Waals surface area (Å²) in [7, 11) is 1.69. The van der Waals surface area contributed by atoms with Crippen LogP contribution in [0.15, 0.2) is 0 Å². The molecular weight excluding hydrogens is 268 g/mol. The van der Waals surface area contributed by atoms with E-state index in [0.717, 1.165) is 25.9 Å². The van der Waals surface area contributed by atoms with Crippen molar-refractivity contribution in [3.63, 3.8) is 0 Å². The van der Waals surface area contributed by atoms with Gasteiger partial charge in [0.05, 0.1) is 25.7 Å². The first-order valence-electron chi connectivity index (χ1n) is 8.33. The van der Waals surface area contributed by atoms with E-state index < -0.39 is 0 Å². The highest BCUT2D eigenvalue weighted by Gasteiger charge is 2.33. The predicted octanol–water partition coefficient (Wildman–Crippen LogP) is 1.42. The maximum atomic E-state index is 12.4. The third-order valence-electron chi connectivity index (χ3n) is 4.61. The molecule has 0 aromatic rings. The minimum Gasteiger partial charge on any atom is -0.383 e. The second-order valence-corrected chi connectivity index (χ2v) is 6.23.